The normalized spacial score (nSPS) is 12.6. The van der Waals surface area contributed by atoms with E-state index in [9.17, 15) is 10.2 Å². The fraction of sp³-hybridized carbons (Fsp3) is 0.308. The topological polar surface area (TPSA) is 65.4 Å². The third kappa shape index (κ3) is 2.80. The number of hydrogen-bond acceptors (Lipinski definition) is 5. The van der Waals surface area contributed by atoms with Crippen molar-refractivity contribution >= 4 is 11.3 Å². The lowest BCUT2D eigenvalue weighted by Crippen LogP contribution is -2.18. The van der Waals surface area contributed by atoms with Crippen LogP contribution in [0.2, 0.25) is 0 Å². The highest BCUT2D eigenvalue weighted by molar-refractivity contribution is 7.09. The van der Waals surface area contributed by atoms with Crippen molar-refractivity contribution < 1.29 is 10.2 Å². The Labute approximate surface area is 110 Å². The van der Waals surface area contributed by atoms with Gasteiger partial charge < -0.3 is 15.5 Å². The standard InChI is InChI=1S/C13H16N2O2S/c1-8-7-18-13(15-8)9(2)14-6-10-4-3-5-11(16)12(10)17/h3-5,7,9,14,16-17H,6H2,1-2H3. The third-order valence-electron chi connectivity index (χ3n) is 2.70. The monoisotopic (exact) mass is 264 g/mol. The maximum absolute atomic E-state index is 9.68. The number of rotatable bonds is 4. The molecular weight excluding hydrogens is 248 g/mol. The van der Waals surface area contributed by atoms with Crippen molar-refractivity contribution in [1.82, 2.24) is 10.3 Å². The van der Waals surface area contributed by atoms with Crippen LogP contribution >= 0.6 is 11.3 Å². The van der Waals surface area contributed by atoms with E-state index in [1.807, 2.05) is 19.2 Å². The molecule has 2 aromatic rings. The number of aryl methyl sites for hydroxylation is 1. The minimum absolute atomic E-state index is 0.0625. The molecule has 18 heavy (non-hydrogen) atoms. The summed E-state index contributed by atoms with van der Waals surface area (Å²) in [5, 5.41) is 25.4. The van der Waals surface area contributed by atoms with Crippen LogP contribution in [0.1, 0.15) is 29.2 Å². The molecule has 0 aliphatic heterocycles. The first-order valence-corrected chi connectivity index (χ1v) is 6.61. The van der Waals surface area contributed by atoms with Gasteiger partial charge >= 0.3 is 0 Å². The molecule has 2 rings (SSSR count). The Kier molecular flexibility index (Phi) is 3.84. The number of aromatic hydroxyl groups is 2. The van der Waals surface area contributed by atoms with Gasteiger partial charge in [-0.15, -0.1) is 11.3 Å². The molecule has 3 N–H and O–H groups in total. The minimum atomic E-state index is -0.0907. The maximum atomic E-state index is 9.68. The van der Waals surface area contributed by atoms with E-state index in [1.54, 1.807) is 23.5 Å². The van der Waals surface area contributed by atoms with E-state index in [1.165, 1.54) is 6.07 Å². The average molecular weight is 264 g/mol. The number of hydrogen-bond donors (Lipinski definition) is 3. The number of phenols is 2. The van der Waals surface area contributed by atoms with E-state index in [0.29, 0.717) is 12.1 Å². The van der Waals surface area contributed by atoms with Gasteiger partial charge in [-0.05, 0) is 19.9 Å². The fourth-order valence-corrected chi connectivity index (χ4v) is 2.47. The Bertz CT molecular complexity index is 540. The summed E-state index contributed by atoms with van der Waals surface area (Å²) in [6.45, 7) is 4.48. The second kappa shape index (κ2) is 5.37. The second-order valence-corrected chi connectivity index (χ2v) is 5.10. The first-order chi connectivity index (χ1) is 8.58. The molecule has 0 spiro atoms. The van der Waals surface area contributed by atoms with Gasteiger partial charge in [0.25, 0.3) is 0 Å². The van der Waals surface area contributed by atoms with Crippen molar-refractivity contribution in [3.05, 3.63) is 39.8 Å². The van der Waals surface area contributed by atoms with Crippen molar-refractivity contribution in [2.45, 2.75) is 26.4 Å². The molecule has 1 unspecified atom stereocenters. The van der Waals surface area contributed by atoms with E-state index in [-0.39, 0.29) is 17.5 Å². The molecule has 4 nitrogen and oxygen atoms in total. The summed E-state index contributed by atoms with van der Waals surface area (Å²) in [5.74, 6) is -0.153. The Balaban J connectivity index is 2.01. The van der Waals surface area contributed by atoms with Gasteiger partial charge in [0.1, 0.15) is 5.01 Å². The van der Waals surface area contributed by atoms with E-state index in [0.717, 1.165) is 10.7 Å². The van der Waals surface area contributed by atoms with Crippen LogP contribution in [0.5, 0.6) is 11.5 Å². The van der Waals surface area contributed by atoms with Gasteiger partial charge in [-0.2, -0.15) is 0 Å². The molecule has 1 heterocycles. The molecule has 0 saturated carbocycles. The van der Waals surface area contributed by atoms with Crippen LogP contribution in [0.15, 0.2) is 23.6 Å². The molecule has 0 aliphatic carbocycles. The van der Waals surface area contributed by atoms with Crippen molar-refractivity contribution in [3.8, 4) is 11.5 Å². The van der Waals surface area contributed by atoms with Gasteiger partial charge in [-0.1, -0.05) is 12.1 Å². The molecule has 0 aliphatic rings. The summed E-state index contributed by atoms with van der Waals surface area (Å²) in [7, 11) is 0. The van der Waals surface area contributed by atoms with Crippen LogP contribution < -0.4 is 5.32 Å². The van der Waals surface area contributed by atoms with Crippen LogP contribution in [0.3, 0.4) is 0 Å². The maximum Gasteiger partial charge on any atom is 0.161 e. The molecular formula is C13H16N2O2S. The molecule has 5 heteroatoms. The van der Waals surface area contributed by atoms with Crippen molar-refractivity contribution in [2.75, 3.05) is 0 Å². The summed E-state index contributed by atoms with van der Waals surface area (Å²) in [6.07, 6.45) is 0. The Morgan fingerprint density at radius 1 is 1.39 bits per heavy atom. The molecule has 0 fully saturated rings. The molecule has 0 amide bonds. The van der Waals surface area contributed by atoms with E-state index in [4.69, 9.17) is 0 Å². The summed E-state index contributed by atoms with van der Waals surface area (Å²) in [5.41, 5.74) is 1.69. The average Bonchev–Trinajstić information content (AvgIpc) is 2.77. The highest BCUT2D eigenvalue weighted by Gasteiger charge is 2.11. The summed E-state index contributed by atoms with van der Waals surface area (Å²) >= 11 is 1.61. The predicted molar refractivity (Wildman–Crippen MR) is 71.9 cm³/mol. The summed E-state index contributed by atoms with van der Waals surface area (Å²) < 4.78 is 0. The summed E-state index contributed by atoms with van der Waals surface area (Å²) in [4.78, 5) is 4.41. The number of phenolic OH excluding ortho intramolecular Hbond substituents is 2. The molecule has 0 bridgehead atoms. The molecule has 0 saturated heterocycles. The number of nitrogens with one attached hydrogen (secondary N) is 1. The van der Waals surface area contributed by atoms with Gasteiger partial charge in [-0.25, -0.2) is 4.98 Å². The van der Waals surface area contributed by atoms with Crippen molar-refractivity contribution in [2.24, 2.45) is 0 Å². The zero-order valence-corrected chi connectivity index (χ0v) is 11.2. The van der Waals surface area contributed by atoms with Crippen LogP contribution in [0.4, 0.5) is 0 Å². The smallest absolute Gasteiger partial charge is 0.161 e. The minimum Gasteiger partial charge on any atom is -0.504 e. The number of thiazole rings is 1. The van der Waals surface area contributed by atoms with Crippen molar-refractivity contribution in [1.29, 1.82) is 0 Å². The van der Waals surface area contributed by atoms with Gasteiger partial charge in [-0.3, -0.25) is 0 Å². The highest BCUT2D eigenvalue weighted by atomic mass is 32.1. The van der Waals surface area contributed by atoms with Gasteiger partial charge in [0.15, 0.2) is 11.5 Å². The van der Waals surface area contributed by atoms with Gasteiger partial charge in [0, 0.05) is 23.2 Å². The van der Waals surface area contributed by atoms with E-state index in [2.05, 4.69) is 10.3 Å². The lowest BCUT2D eigenvalue weighted by Gasteiger charge is -2.12. The van der Waals surface area contributed by atoms with Crippen LogP contribution in [0, 0.1) is 6.92 Å². The predicted octanol–water partition coefficient (Wildman–Crippen LogP) is 2.71. The molecule has 1 aromatic heterocycles. The van der Waals surface area contributed by atoms with Crippen LogP contribution in [0.25, 0.3) is 0 Å². The largest absolute Gasteiger partial charge is 0.504 e. The van der Waals surface area contributed by atoms with Crippen LogP contribution in [-0.2, 0) is 6.54 Å². The first-order valence-electron chi connectivity index (χ1n) is 5.73. The van der Waals surface area contributed by atoms with E-state index >= 15 is 0 Å². The third-order valence-corrected chi connectivity index (χ3v) is 3.85. The Morgan fingerprint density at radius 3 is 2.83 bits per heavy atom. The van der Waals surface area contributed by atoms with E-state index < -0.39 is 0 Å². The molecule has 1 atom stereocenters. The zero-order chi connectivity index (χ0) is 13.1. The first kappa shape index (κ1) is 12.9. The quantitative estimate of drug-likeness (QED) is 0.743. The number of para-hydroxylation sites is 1. The lowest BCUT2D eigenvalue weighted by molar-refractivity contribution is 0.396. The fourth-order valence-electron chi connectivity index (χ4n) is 1.64. The number of aromatic nitrogens is 1. The van der Waals surface area contributed by atoms with Gasteiger partial charge in [0.05, 0.1) is 6.04 Å². The van der Waals surface area contributed by atoms with Gasteiger partial charge in [0.2, 0.25) is 0 Å². The van der Waals surface area contributed by atoms with Crippen molar-refractivity contribution in [3.63, 3.8) is 0 Å². The summed E-state index contributed by atoms with van der Waals surface area (Å²) in [6, 6.07) is 5.07. The zero-order valence-electron chi connectivity index (χ0n) is 10.3. The molecule has 96 valence electrons. The molecule has 1 aromatic carbocycles. The number of nitrogens with zero attached hydrogens (tertiary/aromatic N) is 1. The second-order valence-electron chi connectivity index (χ2n) is 4.21. The Hall–Kier alpha value is -1.59. The lowest BCUT2D eigenvalue weighted by atomic mass is 10.2. The Morgan fingerprint density at radius 2 is 2.17 bits per heavy atom. The van der Waals surface area contributed by atoms with Crippen LogP contribution in [-0.4, -0.2) is 15.2 Å². The molecule has 0 radical (unpaired) electrons. The highest BCUT2D eigenvalue weighted by Crippen LogP contribution is 2.28. The SMILES string of the molecule is Cc1csc(C(C)NCc2cccc(O)c2O)n1. The number of benzene rings is 1.